The van der Waals surface area contributed by atoms with Crippen molar-refractivity contribution in [1.82, 2.24) is 5.32 Å². The smallest absolute Gasteiger partial charge is 0.315 e. The van der Waals surface area contributed by atoms with Crippen LogP contribution in [0.4, 0.5) is 0 Å². The number of nitrogens with zero attached hydrogens (tertiary/aromatic N) is 1. The van der Waals surface area contributed by atoms with Gasteiger partial charge in [0.25, 0.3) is 5.91 Å². The van der Waals surface area contributed by atoms with Gasteiger partial charge >= 0.3 is 5.97 Å². The number of carbonyl (C=O) groups excluding carboxylic acids is 1. The maximum atomic E-state index is 12.4. The van der Waals surface area contributed by atoms with E-state index in [2.05, 4.69) is 5.32 Å². The summed E-state index contributed by atoms with van der Waals surface area (Å²) in [6.45, 7) is 1.78. The third-order valence-electron chi connectivity index (χ3n) is 4.36. The second-order valence-corrected chi connectivity index (χ2v) is 5.82. The van der Waals surface area contributed by atoms with Gasteiger partial charge in [-0.05, 0) is 29.7 Å². The standard InChI is InChI=1S/C20H20N2O3/c1-2-20(19(24)25,17-9-4-3-5-10-17)14-22-18(23)16-8-6-7-15(13-16)11-12-21/h3-10,13H,2,11,14H2,1H3,(H,22,23)(H,24,25). The number of rotatable bonds is 7. The van der Waals surface area contributed by atoms with Gasteiger partial charge in [0, 0.05) is 12.1 Å². The molecule has 0 fully saturated rings. The fraction of sp³-hybridized carbons (Fsp3) is 0.250. The minimum absolute atomic E-state index is 0.00976. The van der Waals surface area contributed by atoms with Crippen LogP contribution < -0.4 is 5.32 Å². The number of carboxylic acids is 1. The van der Waals surface area contributed by atoms with Gasteiger partial charge in [0.1, 0.15) is 5.41 Å². The molecule has 25 heavy (non-hydrogen) atoms. The van der Waals surface area contributed by atoms with Crippen molar-refractivity contribution >= 4 is 11.9 Å². The van der Waals surface area contributed by atoms with Crippen molar-refractivity contribution in [3.63, 3.8) is 0 Å². The molecule has 2 rings (SSSR count). The minimum atomic E-state index is -1.18. The highest BCUT2D eigenvalue weighted by Crippen LogP contribution is 2.28. The third kappa shape index (κ3) is 4.04. The molecule has 0 saturated heterocycles. The molecule has 2 aromatic carbocycles. The first-order chi connectivity index (χ1) is 12.0. The fourth-order valence-electron chi connectivity index (χ4n) is 2.79. The van der Waals surface area contributed by atoms with Crippen molar-refractivity contribution in [3.05, 3.63) is 71.3 Å². The lowest BCUT2D eigenvalue weighted by Gasteiger charge is -2.29. The van der Waals surface area contributed by atoms with E-state index in [-0.39, 0.29) is 18.9 Å². The molecule has 2 aromatic rings. The number of nitriles is 1. The van der Waals surface area contributed by atoms with E-state index in [9.17, 15) is 14.7 Å². The molecule has 0 radical (unpaired) electrons. The first-order valence-corrected chi connectivity index (χ1v) is 8.06. The molecule has 128 valence electrons. The molecule has 0 bridgehead atoms. The molecule has 0 saturated carbocycles. The second-order valence-electron chi connectivity index (χ2n) is 5.82. The van der Waals surface area contributed by atoms with E-state index >= 15 is 0 Å². The first kappa shape index (κ1) is 18.2. The lowest BCUT2D eigenvalue weighted by molar-refractivity contribution is -0.143. The lowest BCUT2D eigenvalue weighted by atomic mass is 9.78. The number of amides is 1. The van der Waals surface area contributed by atoms with Crippen LogP contribution in [0.25, 0.3) is 0 Å². The largest absolute Gasteiger partial charge is 0.481 e. The second kappa shape index (κ2) is 8.11. The molecule has 5 nitrogen and oxygen atoms in total. The molecule has 1 amide bonds. The van der Waals surface area contributed by atoms with E-state index in [4.69, 9.17) is 5.26 Å². The van der Waals surface area contributed by atoms with E-state index < -0.39 is 11.4 Å². The maximum Gasteiger partial charge on any atom is 0.315 e. The maximum absolute atomic E-state index is 12.4. The Balaban J connectivity index is 2.21. The van der Waals surface area contributed by atoms with Crippen molar-refractivity contribution in [3.8, 4) is 6.07 Å². The van der Waals surface area contributed by atoms with Crippen LogP contribution in [0.15, 0.2) is 54.6 Å². The highest BCUT2D eigenvalue weighted by molar-refractivity contribution is 5.95. The van der Waals surface area contributed by atoms with Crippen LogP contribution in [0.2, 0.25) is 0 Å². The van der Waals surface area contributed by atoms with Crippen LogP contribution >= 0.6 is 0 Å². The Morgan fingerprint density at radius 1 is 1.16 bits per heavy atom. The SMILES string of the molecule is CCC(CNC(=O)c1cccc(CC#N)c1)(C(=O)O)c1ccccc1. The summed E-state index contributed by atoms with van der Waals surface area (Å²) < 4.78 is 0. The zero-order valence-electron chi connectivity index (χ0n) is 14.0. The van der Waals surface area contributed by atoms with Crippen molar-refractivity contribution in [1.29, 1.82) is 5.26 Å². The number of carbonyl (C=O) groups is 2. The molecule has 1 unspecified atom stereocenters. The van der Waals surface area contributed by atoms with Crippen molar-refractivity contribution < 1.29 is 14.7 Å². The molecule has 2 N–H and O–H groups in total. The van der Waals surface area contributed by atoms with E-state index in [0.29, 0.717) is 17.5 Å². The molecule has 0 aliphatic heterocycles. The summed E-state index contributed by atoms with van der Waals surface area (Å²) >= 11 is 0. The van der Waals surface area contributed by atoms with E-state index in [1.165, 1.54) is 0 Å². The molecule has 0 heterocycles. The number of nitrogens with one attached hydrogen (secondary N) is 1. The molecule has 0 aliphatic carbocycles. The fourth-order valence-corrected chi connectivity index (χ4v) is 2.79. The lowest BCUT2D eigenvalue weighted by Crippen LogP contribution is -2.46. The summed E-state index contributed by atoms with van der Waals surface area (Å²) in [5, 5.41) is 21.3. The quantitative estimate of drug-likeness (QED) is 0.813. The van der Waals surface area contributed by atoms with E-state index in [1.54, 1.807) is 55.5 Å². The summed E-state index contributed by atoms with van der Waals surface area (Å²) in [6, 6.07) is 17.7. The summed E-state index contributed by atoms with van der Waals surface area (Å²) in [6.07, 6.45) is 0.570. The zero-order chi connectivity index (χ0) is 18.3. The van der Waals surface area contributed by atoms with Crippen molar-refractivity contribution in [2.45, 2.75) is 25.2 Å². The van der Waals surface area contributed by atoms with Crippen LogP contribution in [0, 0.1) is 11.3 Å². The van der Waals surface area contributed by atoms with Crippen molar-refractivity contribution in [2.24, 2.45) is 0 Å². The van der Waals surface area contributed by atoms with Gasteiger partial charge in [-0.1, -0.05) is 49.4 Å². The van der Waals surface area contributed by atoms with Gasteiger partial charge in [-0.2, -0.15) is 5.26 Å². The molecular formula is C20H20N2O3. The Hall–Kier alpha value is -3.13. The molecule has 0 aliphatic rings. The predicted molar refractivity (Wildman–Crippen MR) is 94.1 cm³/mol. The van der Waals surface area contributed by atoms with Gasteiger partial charge in [0.05, 0.1) is 12.5 Å². The van der Waals surface area contributed by atoms with Gasteiger partial charge in [0.2, 0.25) is 0 Å². The van der Waals surface area contributed by atoms with Gasteiger partial charge in [-0.15, -0.1) is 0 Å². The first-order valence-electron chi connectivity index (χ1n) is 8.06. The number of hydrogen-bond donors (Lipinski definition) is 2. The molecule has 5 heteroatoms. The number of carboxylic acid groups (broad SMARTS) is 1. The summed E-state index contributed by atoms with van der Waals surface area (Å²) in [5.41, 5.74) is 0.638. The Kier molecular flexibility index (Phi) is 5.91. The Bertz CT molecular complexity index is 796. The zero-order valence-corrected chi connectivity index (χ0v) is 14.0. The Morgan fingerprint density at radius 2 is 1.88 bits per heavy atom. The normalized spacial score (nSPS) is 12.6. The van der Waals surface area contributed by atoms with Crippen LogP contribution in [0.5, 0.6) is 0 Å². The van der Waals surface area contributed by atoms with Gasteiger partial charge in [0.15, 0.2) is 0 Å². The van der Waals surface area contributed by atoms with E-state index in [1.807, 2.05) is 12.1 Å². The van der Waals surface area contributed by atoms with Gasteiger partial charge in [-0.25, -0.2) is 0 Å². The Labute approximate surface area is 146 Å². The van der Waals surface area contributed by atoms with Crippen LogP contribution in [-0.4, -0.2) is 23.5 Å². The van der Waals surface area contributed by atoms with E-state index in [0.717, 1.165) is 5.56 Å². The topological polar surface area (TPSA) is 90.2 Å². The molecular weight excluding hydrogens is 316 g/mol. The summed E-state index contributed by atoms with van der Waals surface area (Å²) in [5.74, 6) is -1.32. The summed E-state index contributed by atoms with van der Waals surface area (Å²) in [4.78, 5) is 24.4. The number of aliphatic carboxylic acids is 1. The summed E-state index contributed by atoms with van der Waals surface area (Å²) in [7, 11) is 0. The predicted octanol–water partition coefficient (Wildman–Crippen LogP) is 2.92. The minimum Gasteiger partial charge on any atom is -0.481 e. The van der Waals surface area contributed by atoms with Crippen LogP contribution in [0.1, 0.15) is 34.8 Å². The Morgan fingerprint density at radius 3 is 2.48 bits per heavy atom. The highest BCUT2D eigenvalue weighted by Gasteiger charge is 2.39. The van der Waals surface area contributed by atoms with Crippen LogP contribution in [0.3, 0.4) is 0 Å². The van der Waals surface area contributed by atoms with Crippen molar-refractivity contribution in [2.75, 3.05) is 6.54 Å². The third-order valence-corrected chi connectivity index (χ3v) is 4.36. The molecule has 1 atom stereocenters. The molecule has 0 spiro atoms. The monoisotopic (exact) mass is 336 g/mol. The van der Waals surface area contributed by atoms with Gasteiger partial charge in [-0.3, -0.25) is 9.59 Å². The van der Waals surface area contributed by atoms with Crippen LogP contribution in [-0.2, 0) is 16.6 Å². The van der Waals surface area contributed by atoms with Gasteiger partial charge < -0.3 is 10.4 Å². The molecule has 0 aromatic heterocycles. The number of hydrogen-bond acceptors (Lipinski definition) is 3. The number of benzene rings is 2. The average Bonchev–Trinajstić information content (AvgIpc) is 2.63. The highest BCUT2D eigenvalue weighted by atomic mass is 16.4. The average molecular weight is 336 g/mol.